The topological polar surface area (TPSA) is 32.3 Å². The van der Waals surface area contributed by atoms with Crippen molar-refractivity contribution in [3.63, 3.8) is 0 Å². The average Bonchev–Trinajstić information content (AvgIpc) is 2.90. The second kappa shape index (κ2) is 6.20. The largest absolute Gasteiger partial charge is 0.341 e. The summed E-state index contributed by atoms with van der Waals surface area (Å²) < 4.78 is 0. The molecule has 3 nitrogen and oxygen atoms in total. The molecule has 2 unspecified atom stereocenters. The Balaban J connectivity index is 1.70. The molecular formula is C14H24N2O. The summed E-state index contributed by atoms with van der Waals surface area (Å²) in [6, 6.07) is -0.0148. The molecule has 17 heavy (non-hydrogen) atoms. The third-order valence-corrected chi connectivity index (χ3v) is 3.88. The SMILES string of the molecule is CC(NCC1CC=CCC1)C(=O)N1CCCC1. The van der Waals surface area contributed by atoms with Crippen molar-refractivity contribution in [2.75, 3.05) is 19.6 Å². The van der Waals surface area contributed by atoms with Gasteiger partial charge in [0.15, 0.2) is 0 Å². The second-order valence-electron chi connectivity index (χ2n) is 5.31. The van der Waals surface area contributed by atoms with Gasteiger partial charge in [0, 0.05) is 13.1 Å². The highest BCUT2D eigenvalue weighted by Crippen LogP contribution is 2.17. The molecule has 1 amide bonds. The first-order valence-electron chi connectivity index (χ1n) is 6.94. The number of carbonyl (C=O) groups excluding carboxylic acids is 1. The van der Waals surface area contributed by atoms with Crippen LogP contribution in [0, 0.1) is 5.92 Å². The maximum Gasteiger partial charge on any atom is 0.239 e. The molecule has 0 radical (unpaired) electrons. The molecule has 2 aliphatic rings. The van der Waals surface area contributed by atoms with Gasteiger partial charge in [-0.2, -0.15) is 0 Å². The van der Waals surface area contributed by atoms with Crippen LogP contribution in [-0.2, 0) is 4.79 Å². The van der Waals surface area contributed by atoms with Crippen molar-refractivity contribution in [3.05, 3.63) is 12.2 Å². The fourth-order valence-electron chi connectivity index (χ4n) is 2.68. The van der Waals surface area contributed by atoms with Gasteiger partial charge in [0.2, 0.25) is 5.91 Å². The highest BCUT2D eigenvalue weighted by Gasteiger charge is 2.23. The summed E-state index contributed by atoms with van der Waals surface area (Å²) in [5.74, 6) is 1.00. The number of hydrogen-bond donors (Lipinski definition) is 1. The Morgan fingerprint density at radius 1 is 1.41 bits per heavy atom. The maximum absolute atomic E-state index is 12.1. The van der Waals surface area contributed by atoms with Crippen molar-refractivity contribution < 1.29 is 4.79 Å². The standard InChI is InChI=1S/C14H24N2O/c1-12(14(17)16-9-5-6-10-16)15-11-13-7-3-2-4-8-13/h2-3,12-13,15H,4-11H2,1H3. The van der Waals surface area contributed by atoms with Gasteiger partial charge in [-0.15, -0.1) is 0 Å². The number of hydrogen-bond acceptors (Lipinski definition) is 2. The average molecular weight is 236 g/mol. The molecule has 0 spiro atoms. The Kier molecular flexibility index (Phi) is 4.60. The molecule has 0 saturated carbocycles. The Morgan fingerprint density at radius 2 is 2.18 bits per heavy atom. The quantitative estimate of drug-likeness (QED) is 0.757. The Hall–Kier alpha value is -0.830. The molecule has 2 rings (SSSR count). The van der Waals surface area contributed by atoms with Crippen molar-refractivity contribution >= 4 is 5.91 Å². The van der Waals surface area contributed by atoms with Crippen LogP contribution in [0.1, 0.15) is 39.0 Å². The molecule has 1 saturated heterocycles. The summed E-state index contributed by atoms with van der Waals surface area (Å²) in [4.78, 5) is 14.1. The van der Waals surface area contributed by atoms with Crippen LogP contribution in [0.2, 0.25) is 0 Å². The smallest absolute Gasteiger partial charge is 0.239 e. The third kappa shape index (κ3) is 3.56. The molecule has 3 heteroatoms. The first-order chi connectivity index (χ1) is 8.27. The Bertz CT molecular complexity index is 282. The lowest BCUT2D eigenvalue weighted by Gasteiger charge is -2.24. The minimum atomic E-state index is -0.0148. The van der Waals surface area contributed by atoms with Crippen molar-refractivity contribution in [3.8, 4) is 0 Å². The van der Waals surface area contributed by atoms with Crippen molar-refractivity contribution in [2.24, 2.45) is 5.92 Å². The summed E-state index contributed by atoms with van der Waals surface area (Å²) in [6.07, 6.45) is 10.5. The minimum absolute atomic E-state index is 0.0148. The van der Waals surface area contributed by atoms with Crippen molar-refractivity contribution in [2.45, 2.75) is 45.1 Å². The Labute approximate surface area is 104 Å². The zero-order valence-electron chi connectivity index (χ0n) is 10.8. The molecule has 1 aliphatic carbocycles. The number of allylic oxidation sites excluding steroid dienone is 2. The van der Waals surface area contributed by atoms with Crippen molar-refractivity contribution in [1.82, 2.24) is 10.2 Å². The predicted molar refractivity (Wildman–Crippen MR) is 69.8 cm³/mol. The van der Waals surface area contributed by atoms with E-state index in [1.54, 1.807) is 0 Å². The number of amides is 1. The lowest BCUT2D eigenvalue weighted by Crippen LogP contribution is -2.45. The normalized spacial score (nSPS) is 26.2. The van der Waals surface area contributed by atoms with Gasteiger partial charge in [-0.1, -0.05) is 12.2 Å². The van der Waals surface area contributed by atoms with Gasteiger partial charge in [0.25, 0.3) is 0 Å². The van der Waals surface area contributed by atoms with Gasteiger partial charge in [-0.3, -0.25) is 4.79 Å². The van der Waals surface area contributed by atoms with E-state index in [9.17, 15) is 4.79 Å². The lowest BCUT2D eigenvalue weighted by molar-refractivity contribution is -0.132. The molecule has 2 atom stereocenters. The molecule has 1 aliphatic heterocycles. The van der Waals surface area contributed by atoms with Crippen LogP contribution in [0.25, 0.3) is 0 Å². The van der Waals surface area contributed by atoms with Gasteiger partial charge in [-0.05, 0) is 51.5 Å². The predicted octanol–water partition coefficient (Wildman–Crippen LogP) is 1.94. The van der Waals surface area contributed by atoms with E-state index in [1.807, 2.05) is 11.8 Å². The maximum atomic E-state index is 12.1. The van der Waals surface area contributed by atoms with Gasteiger partial charge in [0.05, 0.1) is 6.04 Å². The highest BCUT2D eigenvalue weighted by atomic mass is 16.2. The second-order valence-corrected chi connectivity index (χ2v) is 5.31. The molecular weight excluding hydrogens is 212 g/mol. The van der Waals surface area contributed by atoms with Crippen LogP contribution in [0.15, 0.2) is 12.2 Å². The van der Waals surface area contributed by atoms with Gasteiger partial charge in [-0.25, -0.2) is 0 Å². The fourth-order valence-corrected chi connectivity index (χ4v) is 2.68. The summed E-state index contributed by atoms with van der Waals surface area (Å²) in [5.41, 5.74) is 0. The van der Waals surface area contributed by atoms with E-state index in [2.05, 4.69) is 17.5 Å². The molecule has 0 aromatic carbocycles. The minimum Gasteiger partial charge on any atom is -0.341 e. The van der Waals surface area contributed by atoms with E-state index in [4.69, 9.17) is 0 Å². The number of rotatable bonds is 4. The van der Waals surface area contributed by atoms with Crippen LogP contribution in [0.3, 0.4) is 0 Å². The highest BCUT2D eigenvalue weighted by molar-refractivity contribution is 5.81. The number of nitrogens with zero attached hydrogens (tertiary/aromatic N) is 1. The van der Waals surface area contributed by atoms with E-state index in [0.29, 0.717) is 5.92 Å². The van der Waals surface area contributed by atoms with Crippen LogP contribution < -0.4 is 5.32 Å². The van der Waals surface area contributed by atoms with Crippen LogP contribution in [0.5, 0.6) is 0 Å². The monoisotopic (exact) mass is 236 g/mol. The number of nitrogens with one attached hydrogen (secondary N) is 1. The first kappa shape index (κ1) is 12.6. The molecule has 1 N–H and O–H groups in total. The lowest BCUT2D eigenvalue weighted by atomic mass is 9.94. The van der Waals surface area contributed by atoms with Gasteiger partial charge < -0.3 is 10.2 Å². The van der Waals surface area contributed by atoms with E-state index >= 15 is 0 Å². The molecule has 0 aromatic rings. The summed E-state index contributed by atoms with van der Waals surface area (Å²) in [7, 11) is 0. The zero-order chi connectivity index (χ0) is 12.1. The van der Waals surface area contributed by atoms with E-state index in [1.165, 1.54) is 25.7 Å². The molecule has 96 valence electrons. The van der Waals surface area contributed by atoms with E-state index in [0.717, 1.165) is 26.1 Å². The zero-order valence-corrected chi connectivity index (χ0v) is 10.8. The number of carbonyl (C=O) groups is 1. The van der Waals surface area contributed by atoms with Crippen molar-refractivity contribution in [1.29, 1.82) is 0 Å². The van der Waals surface area contributed by atoms with E-state index in [-0.39, 0.29) is 11.9 Å². The molecule has 1 fully saturated rings. The van der Waals surface area contributed by atoms with Gasteiger partial charge >= 0.3 is 0 Å². The number of likely N-dealkylation sites (tertiary alicyclic amines) is 1. The molecule has 0 bridgehead atoms. The van der Waals surface area contributed by atoms with Crippen LogP contribution in [0.4, 0.5) is 0 Å². The third-order valence-electron chi connectivity index (χ3n) is 3.88. The summed E-state index contributed by atoms with van der Waals surface area (Å²) in [6.45, 7) is 4.89. The summed E-state index contributed by atoms with van der Waals surface area (Å²) in [5, 5.41) is 3.40. The Morgan fingerprint density at radius 3 is 2.82 bits per heavy atom. The van der Waals surface area contributed by atoms with Crippen LogP contribution >= 0.6 is 0 Å². The van der Waals surface area contributed by atoms with E-state index < -0.39 is 0 Å². The molecule has 0 aromatic heterocycles. The molecule has 1 heterocycles. The van der Waals surface area contributed by atoms with Crippen LogP contribution in [-0.4, -0.2) is 36.5 Å². The summed E-state index contributed by atoms with van der Waals surface area (Å²) >= 11 is 0. The van der Waals surface area contributed by atoms with Gasteiger partial charge in [0.1, 0.15) is 0 Å². The fraction of sp³-hybridized carbons (Fsp3) is 0.786. The first-order valence-corrected chi connectivity index (χ1v) is 6.94.